The van der Waals surface area contributed by atoms with Crippen molar-refractivity contribution < 1.29 is 37.3 Å². The van der Waals surface area contributed by atoms with Crippen LogP contribution in [-0.4, -0.2) is 68.4 Å². The van der Waals surface area contributed by atoms with Gasteiger partial charge >= 0.3 is 6.03 Å². The highest BCUT2D eigenvalue weighted by Gasteiger charge is 2.16. The molecule has 0 atom stereocenters. The molecule has 44 heavy (non-hydrogen) atoms. The molecule has 10 nitrogen and oxygen atoms in total. The molecule has 4 aromatic rings. The molecule has 0 radical (unpaired) electrons. The number of nitrogens with one attached hydrogen (secondary N) is 2. The van der Waals surface area contributed by atoms with E-state index in [1.54, 1.807) is 24.4 Å². The average molecular weight is 607 g/mol. The Bertz CT molecular complexity index is 1610. The summed E-state index contributed by atoms with van der Waals surface area (Å²) in [6, 6.07) is 13.5. The molecule has 230 valence electrons. The van der Waals surface area contributed by atoms with Crippen molar-refractivity contribution in [2.24, 2.45) is 0 Å². The first kappa shape index (κ1) is 30.6. The summed E-state index contributed by atoms with van der Waals surface area (Å²) in [5.41, 5.74) is 1.22. The van der Waals surface area contributed by atoms with Crippen LogP contribution >= 0.6 is 0 Å². The Morgan fingerprint density at radius 3 is 2.50 bits per heavy atom. The fourth-order valence-electron chi connectivity index (χ4n) is 4.69. The largest absolute Gasteiger partial charge is 0.493 e. The quantitative estimate of drug-likeness (QED) is 0.221. The number of morpholine rings is 1. The van der Waals surface area contributed by atoms with Crippen LogP contribution in [0.3, 0.4) is 0 Å². The van der Waals surface area contributed by atoms with Crippen LogP contribution in [0.2, 0.25) is 0 Å². The lowest BCUT2D eigenvalue weighted by molar-refractivity contribution is -0.119. The highest BCUT2D eigenvalue weighted by molar-refractivity contribution is 6.01. The maximum absolute atomic E-state index is 15.0. The number of nitrogens with zero attached hydrogens (tertiary/aromatic N) is 2. The average Bonchev–Trinajstić information content (AvgIpc) is 3.02. The Balaban J connectivity index is 1.20. The molecule has 1 aromatic heterocycles. The lowest BCUT2D eigenvalue weighted by atomic mass is 10.1. The molecule has 0 unspecified atom stereocenters. The summed E-state index contributed by atoms with van der Waals surface area (Å²) in [6.07, 6.45) is 2.27. The van der Waals surface area contributed by atoms with Gasteiger partial charge in [0.2, 0.25) is 5.91 Å². The van der Waals surface area contributed by atoms with Gasteiger partial charge in [0.15, 0.2) is 23.1 Å². The number of methoxy groups -OCH3 is 1. The second-order valence-electron chi connectivity index (χ2n) is 10.0. The van der Waals surface area contributed by atoms with Crippen LogP contribution in [0.15, 0.2) is 66.9 Å². The molecule has 0 saturated carbocycles. The molecule has 2 N–H and O–H groups in total. The first-order chi connectivity index (χ1) is 21.4. The normalized spacial score (nSPS) is 13.3. The van der Waals surface area contributed by atoms with Gasteiger partial charge in [-0.2, -0.15) is 0 Å². The van der Waals surface area contributed by atoms with Gasteiger partial charge in [-0.3, -0.25) is 20.0 Å². The number of carbonyl (C=O) groups is 2. The molecule has 0 bridgehead atoms. The number of carbonyl (C=O) groups excluding carboxylic acids is 2. The maximum atomic E-state index is 15.0. The Kier molecular flexibility index (Phi) is 10.2. The number of fused-ring (bicyclic) bond motifs is 1. The van der Waals surface area contributed by atoms with Crippen LogP contribution in [0.5, 0.6) is 23.0 Å². The van der Waals surface area contributed by atoms with Gasteiger partial charge in [0, 0.05) is 49.0 Å². The number of halogens is 2. The number of hydrogen-bond donors (Lipinski definition) is 2. The third kappa shape index (κ3) is 8.17. The second-order valence-corrected chi connectivity index (χ2v) is 10.0. The standard InChI is InChI=1S/C32H32F2N4O6/c1-41-29-19-24-26(20-30(29)43-14-2-11-38-12-15-42-16-13-38)35-10-9-27(24)44-28-8-7-23(18-25(28)34)36-32(40)37-31(39)17-21-3-5-22(33)6-4-21/h3-10,18-20H,2,11-17H2,1H3,(H2,36,37,39,40). The van der Waals surface area contributed by atoms with Crippen molar-refractivity contribution in [2.45, 2.75) is 12.8 Å². The van der Waals surface area contributed by atoms with Gasteiger partial charge in [-0.15, -0.1) is 0 Å². The van der Waals surface area contributed by atoms with E-state index in [-0.39, 0.29) is 17.9 Å². The summed E-state index contributed by atoms with van der Waals surface area (Å²) in [4.78, 5) is 31.1. The minimum atomic E-state index is -0.837. The first-order valence-electron chi connectivity index (χ1n) is 14.1. The van der Waals surface area contributed by atoms with Crippen molar-refractivity contribution in [1.82, 2.24) is 15.2 Å². The number of urea groups is 1. The third-order valence-corrected chi connectivity index (χ3v) is 6.91. The van der Waals surface area contributed by atoms with Crippen molar-refractivity contribution in [3.05, 3.63) is 84.1 Å². The highest BCUT2D eigenvalue weighted by Crippen LogP contribution is 2.38. The van der Waals surface area contributed by atoms with Crippen molar-refractivity contribution in [1.29, 1.82) is 0 Å². The number of imide groups is 1. The molecule has 5 rings (SSSR count). The molecule has 1 fully saturated rings. The summed E-state index contributed by atoms with van der Waals surface area (Å²) in [7, 11) is 1.54. The van der Waals surface area contributed by atoms with E-state index in [2.05, 4.69) is 20.5 Å². The zero-order valence-corrected chi connectivity index (χ0v) is 24.1. The van der Waals surface area contributed by atoms with E-state index in [0.29, 0.717) is 40.3 Å². The van der Waals surface area contributed by atoms with E-state index < -0.39 is 23.6 Å². The maximum Gasteiger partial charge on any atom is 0.325 e. The van der Waals surface area contributed by atoms with E-state index in [1.165, 1.54) is 43.5 Å². The number of pyridine rings is 1. The number of benzene rings is 3. The van der Waals surface area contributed by atoms with E-state index in [9.17, 15) is 14.0 Å². The first-order valence-corrected chi connectivity index (χ1v) is 14.1. The van der Waals surface area contributed by atoms with Crippen molar-refractivity contribution >= 4 is 28.5 Å². The minimum absolute atomic E-state index is 0.0850. The summed E-state index contributed by atoms with van der Waals surface area (Å²) in [5.74, 6) is -0.477. The topological polar surface area (TPSA) is 111 Å². The van der Waals surface area contributed by atoms with Gasteiger partial charge in [-0.1, -0.05) is 12.1 Å². The number of amides is 3. The van der Waals surface area contributed by atoms with Crippen molar-refractivity contribution in [3.63, 3.8) is 0 Å². The molecule has 1 saturated heterocycles. The zero-order chi connectivity index (χ0) is 30.9. The Morgan fingerprint density at radius 2 is 1.75 bits per heavy atom. The van der Waals surface area contributed by atoms with Crippen LogP contribution in [0.25, 0.3) is 10.9 Å². The van der Waals surface area contributed by atoms with Crippen LogP contribution in [0, 0.1) is 11.6 Å². The predicted molar refractivity (Wildman–Crippen MR) is 159 cm³/mol. The molecular weight excluding hydrogens is 574 g/mol. The summed E-state index contributed by atoms with van der Waals surface area (Å²) >= 11 is 0. The molecule has 0 aliphatic carbocycles. The Morgan fingerprint density at radius 1 is 0.955 bits per heavy atom. The molecule has 3 amide bonds. The molecule has 2 heterocycles. The molecule has 0 spiro atoms. The Labute approximate surface area is 252 Å². The smallest absolute Gasteiger partial charge is 0.325 e. The monoisotopic (exact) mass is 606 g/mol. The SMILES string of the molecule is COc1cc2c(Oc3ccc(NC(=O)NC(=O)Cc4ccc(F)cc4)cc3F)ccnc2cc1OCCCN1CCOCC1. The third-order valence-electron chi connectivity index (χ3n) is 6.91. The van der Waals surface area contributed by atoms with E-state index in [4.69, 9.17) is 18.9 Å². The number of rotatable bonds is 11. The van der Waals surface area contributed by atoms with Crippen LogP contribution < -0.4 is 24.8 Å². The van der Waals surface area contributed by atoms with Gasteiger partial charge in [0.25, 0.3) is 0 Å². The van der Waals surface area contributed by atoms with Gasteiger partial charge in [0.05, 0.1) is 38.9 Å². The lowest BCUT2D eigenvalue weighted by Crippen LogP contribution is -2.37. The molecule has 3 aromatic carbocycles. The fraction of sp³-hybridized carbons (Fsp3) is 0.281. The van der Waals surface area contributed by atoms with E-state index >= 15 is 4.39 Å². The number of anilines is 1. The summed E-state index contributed by atoms with van der Waals surface area (Å²) in [6.45, 7) is 4.75. The van der Waals surface area contributed by atoms with Gasteiger partial charge in [-0.05, 0) is 48.4 Å². The van der Waals surface area contributed by atoms with E-state index in [1.807, 2.05) is 0 Å². The van der Waals surface area contributed by atoms with Gasteiger partial charge in [-0.25, -0.2) is 13.6 Å². The van der Waals surface area contributed by atoms with Crippen molar-refractivity contribution in [2.75, 3.05) is 51.9 Å². The van der Waals surface area contributed by atoms with Gasteiger partial charge < -0.3 is 24.3 Å². The van der Waals surface area contributed by atoms with Crippen LogP contribution in [0.1, 0.15) is 12.0 Å². The lowest BCUT2D eigenvalue weighted by Gasteiger charge is -2.26. The number of ether oxygens (including phenoxy) is 4. The number of hydrogen-bond acceptors (Lipinski definition) is 8. The number of aromatic nitrogens is 1. The molecule has 12 heteroatoms. The fourth-order valence-corrected chi connectivity index (χ4v) is 4.69. The summed E-state index contributed by atoms with van der Waals surface area (Å²) < 4.78 is 50.9. The Hall–Kier alpha value is -4.81. The summed E-state index contributed by atoms with van der Waals surface area (Å²) in [5, 5.41) is 5.16. The minimum Gasteiger partial charge on any atom is -0.493 e. The highest BCUT2D eigenvalue weighted by atomic mass is 19.1. The van der Waals surface area contributed by atoms with E-state index in [0.717, 1.165) is 45.3 Å². The van der Waals surface area contributed by atoms with Crippen LogP contribution in [-0.2, 0) is 16.0 Å². The van der Waals surface area contributed by atoms with Gasteiger partial charge in [0.1, 0.15) is 11.6 Å². The zero-order valence-electron chi connectivity index (χ0n) is 24.1. The molecular formula is C32H32F2N4O6. The molecule has 1 aliphatic heterocycles. The predicted octanol–water partition coefficient (Wildman–Crippen LogP) is 5.31. The molecule has 1 aliphatic rings. The second kappa shape index (κ2) is 14.6. The van der Waals surface area contributed by atoms with Crippen molar-refractivity contribution in [3.8, 4) is 23.0 Å². The van der Waals surface area contributed by atoms with Crippen LogP contribution in [0.4, 0.5) is 19.3 Å².